The second-order valence-electron chi connectivity index (χ2n) is 7.62. The molecule has 1 amide bonds. The maximum absolute atomic E-state index is 12.8. The molecule has 0 bridgehead atoms. The molecule has 0 saturated carbocycles. The molecule has 0 unspecified atom stereocenters. The largest absolute Gasteiger partial charge is 0.356 e. The maximum Gasteiger partial charge on any atom is 0.272 e. The van der Waals surface area contributed by atoms with Gasteiger partial charge in [0.15, 0.2) is 0 Å². The fraction of sp³-hybridized carbons (Fsp3) is 0.476. The molecule has 168 valence electrons. The minimum Gasteiger partial charge on any atom is -0.356 e. The van der Waals surface area contributed by atoms with Crippen molar-refractivity contribution in [2.45, 2.75) is 11.3 Å². The van der Waals surface area contributed by atoms with E-state index < -0.39 is 10.0 Å². The quantitative estimate of drug-likeness (QED) is 0.634. The van der Waals surface area contributed by atoms with E-state index in [9.17, 15) is 13.2 Å². The molecule has 2 aliphatic heterocycles. The molecule has 2 saturated heterocycles. The van der Waals surface area contributed by atoms with E-state index in [1.165, 1.54) is 33.6 Å². The monoisotopic (exact) mass is 480 g/mol. The van der Waals surface area contributed by atoms with Crippen molar-refractivity contribution >= 4 is 45.1 Å². The summed E-state index contributed by atoms with van der Waals surface area (Å²) in [5, 5.41) is 2.84. The highest BCUT2D eigenvalue weighted by Crippen LogP contribution is 2.21. The molecular formula is C21H28N4O3S3. The molecule has 0 spiro atoms. The molecule has 0 radical (unpaired) electrons. The van der Waals surface area contributed by atoms with Crippen molar-refractivity contribution in [1.29, 1.82) is 0 Å². The van der Waals surface area contributed by atoms with Crippen molar-refractivity contribution < 1.29 is 13.2 Å². The van der Waals surface area contributed by atoms with Crippen molar-refractivity contribution in [2.75, 3.05) is 61.1 Å². The molecule has 2 aromatic rings. The van der Waals surface area contributed by atoms with Crippen LogP contribution in [0.4, 0.5) is 5.69 Å². The number of amides is 1. The van der Waals surface area contributed by atoms with E-state index >= 15 is 0 Å². The average molecular weight is 481 g/mol. The third-order valence-electron chi connectivity index (χ3n) is 5.54. The molecule has 0 aliphatic carbocycles. The molecule has 1 aromatic heterocycles. The molecule has 1 aromatic carbocycles. The van der Waals surface area contributed by atoms with E-state index in [4.69, 9.17) is 0 Å². The lowest BCUT2D eigenvalue weighted by Crippen LogP contribution is -2.37. The summed E-state index contributed by atoms with van der Waals surface area (Å²) in [5.74, 6) is 3.66. The third kappa shape index (κ3) is 5.87. The van der Waals surface area contributed by atoms with Gasteiger partial charge < -0.3 is 15.2 Å². The van der Waals surface area contributed by atoms with Crippen LogP contribution < -0.4 is 5.32 Å². The molecule has 2 fully saturated rings. The number of benzene rings is 1. The lowest BCUT2D eigenvalue weighted by atomic mass is 10.1. The Balaban J connectivity index is 1.33. The Hall–Kier alpha value is -1.46. The van der Waals surface area contributed by atoms with Crippen LogP contribution in [0.2, 0.25) is 0 Å². The first kappa shape index (κ1) is 22.7. The van der Waals surface area contributed by atoms with Gasteiger partial charge in [-0.25, -0.2) is 8.42 Å². The number of anilines is 1. The number of carbonyl (C=O) groups is 1. The van der Waals surface area contributed by atoms with Gasteiger partial charge in [0.2, 0.25) is 10.0 Å². The zero-order valence-electron chi connectivity index (χ0n) is 17.4. The van der Waals surface area contributed by atoms with Gasteiger partial charge in [-0.05, 0) is 30.2 Å². The van der Waals surface area contributed by atoms with Crippen LogP contribution in [-0.2, 0) is 16.4 Å². The van der Waals surface area contributed by atoms with Crippen molar-refractivity contribution in [3.63, 3.8) is 0 Å². The van der Waals surface area contributed by atoms with Gasteiger partial charge in [0, 0.05) is 67.6 Å². The first-order valence-corrected chi connectivity index (χ1v) is 14.2. The van der Waals surface area contributed by atoms with E-state index in [2.05, 4.69) is 15.2 Å². The van der Waals surface area contributed by atoms with Crippen LogP contribution in [-0.4, -0.2) is 84.2 Å². The van der Waals surface area contributed by atoms with Gasteiger partial charge in [-0.3, -0.25) is 4.79 Å². The van der Waals surface area contributed by atoms with Crippen LogP contribution in [0.1, 0.15) is 16.1 Å². The number of hydrogen-bond donors (Lipinski definition) is 2. The maximum atomic E-state index is 12.8. The lowest BCUT2D eigenvalue weighted by Gasteiger charge is -2.26. The average Bonchev–Trinajstić information content (AvgIpc) is 3.31. The van der Waals surface area contributed by atoms with E-state index in [0.717, 1.165) is 37.6 Å². The van der Waals surface area contributed by atoms with E-state index in [0.29, 0.717) is 18.8 Å². The van der Waals surface area contributed by atoms with Crippen LogP contribution >= 0.6 is 23.5 Å². The van der Waals surface area contributed by atoms with Crippen molar-refractivity contribution in [3.05, 3.63) is 47.8 Å². The predicted octanol–water partition coefficient (Wildman–Crippen LogP) is 2.60. The number of nitrogens with one attached hydrogen (secondary N) is 2. The van der Waals surface area contributed by atoms with Crippen LogP contribution in [0, 0.1) is 0 Å². The third-order valence-corrected chi connectivity index (χ3v) is 9.30. The van der Waals surface area contributed by atoms with E-state index in [1.807, 2.05) is 36.0 Å². The van der Waals surface area contributed by atoms with Crippen molar-refractivity contribution in [2.24, 2.45) is 0 Å². The van der Waals surface area contributed by atoms with Gasteiger partial charge in [0.1, 0.15) is 10.6 Å². The Bertz CT molecular complexity index is 980. The second-order valence-corrected chi connectivity index (χ2v) is 12.0. The minimum atomic E-state index is -3.57. The van der Waals surface area contributed by atoms with Gasteiger partial charge in [0.05, 0.1) is 0 Å². The molecule has 31 heavy (non-hydrogen) atoms. The predicted molar refractivity (Wildman–Crippen MR) is 129 cm³/mol. The number of aromatic nitrogens is 1. The standard InChI is InChI=1S/C21H28N4O3S3/c26-21(20-15-19(16-22-20)31(27,28)25-9-13-30-14-10-25)23-18-3-1-17(2-4-18)5-6-24-7-11-29-12-8-24/h1-4,15-16,22H,5-14H2,(H,23,26). The van der Waals surface area contributed by atoms with Crippen molar-refractivity contribution in [3.8, 4) is 0 Å². The first-order chi connectivity index (χ1) is 15.0. The summed E-state index contributed by atoms with van der Waals surface area (Å²) >= 11 is 3.77. The number of hydrogen-bond acceptors (Lipinski definition) is 6. The molecular weight excluding hydrogens is 452 g/mol. The van der Waals surface area contributed by atoms with E-state index in [-0.39, 0.29) is 16.5 Å². The number of thioether (sulfide) groups is 2. The highest BCUT2D eigenvalue weighted by atomic mass is 32.2. The van der Waals surface area contributed by atoms with Crippen LogP contribution in [0.3, 0.4) is 0 Å². The zero-order valence-corrected chi connectivity index (χ0v) is 19.8. The van der Waals surface area contributed by atoms with E-state index in [1.54, 1.807) is 11.8 Å². The minimum absolute atomic E-state index is 0.135. The summed E-state index contributed by atoms with van der Waals surface area (Å²) in [6.45, 7) is 4.38. The molecule has 10 heteroatoms. The second kappa shape index (κ2) is 10.4. The zero-order chi connectivity index (χ0) is 21.7. The molecule has 2 N–H and O–H groups in total. The number of nitrogens with zero attached hydrogens (tertiary/aromatic N) is 2. The lowest BCUT2D eigenvalue weighted by molar-refractivity contribution is 0.102. The Labute approximate surface area is 192 Å². The number of aromatic amines is 1. The van der Waals surface area contributed by atoms with Gasteiger partial charge in [0.25, 0.3) is 5.91 Å². The number of rotatable bonds is 7. The molecule has 7 nitrogen and oxygen atoms in total. The Morgan fingerprint density at radius 2 is 1.65 bits per heavy atom. The van der Waals surface area contributed by atoms with Gasteiger partial charge in [-0.15, -0.1) is 0 Å². The van der Waals surface area contributed by atoms with Crippen LogP contribution in [0.5, 0.6) is 0 Å². The molecule has 2 aliphatic rings. The Morgan fingerprint density at radius 3 is 2.32 bits per heavy atom. The number of sulfonamides is 1. The summed E-state index contributed by atoms with van der Waals surface area (Å²) in [4.78, 5) is 18.0. The highest BCUT2D eigenvalue weighted by Gasteiger charge is 2.27. The Kier molecular flexibility index (Phi) is 7.65. The number of carbonyl (C=O) groups excluding carboxylic acids is 1. The highest BCUT2D eigenvalue weighted by molar-refractivity contribution is 7.99. The summed E-state index contributed by atoms with van der Waals surface area (Å²) < 4.78 is 27.0. The summed E-state index contributed by atoms with van der Waals surface area (Å²) in [6, 6.07) is 9.27. The summed E-state index contributed by atoms with van der Waals surface area (Å²) in [5.41, 5.74) is 2.16. The van der Waals surface area contributed by atoms with Crippen LogP contribution in [0.15, 0.2) is 41.4 Å². The summed E-state index contributed by atoms with van der Waals surface area (Å²) in [7, 11) is -3.57. The molecule has 0 atom stereocenters. The molecule has 4 rings (SSSR count). The van der Waals surface area contributed by atoms with Gasteiger partial charge in [-0.2, -0.15) is 27.8 Å². The fourth-order valence-corrected chi connectivity index (χ4v) is 7.20. The number of H-pyrrole nitrogens is 1. The van der Waals surface area contributed by atoms with Crippen molar-refractivity contribution in [1.82, 2.24) is 14.2 Å². The summed E-state index contributed by atoms with van der Waals surface area (Å²) in [6.07, 6.45) is 2.39. The Morgan fingerprint density at radius 1 is 1.00 bits per heavy atom. The SMILES string of the molecule is O=C(Nc1ccc(CCN2CCSCC2)cc1)c1cc(S(=O)(=O)N2CCSCC2)c[nH]1. The van der Waals surface area contributed by atoms with Crippen LogP contribution in [0.25, 0.3) is 0 Å². The topological polar surface area (TPSA) is 85.5 Å². The normalized spacial score (nSPS) is 18.7. The smallest absolute Gasteiger partial charge is 0.272 e. The van der Waals surface area contributed by atoms with Gasteiger partial charge in [-0.1, -0.05) is 12.1 Å². The van der Waals surface area contributed by atoms with Gasteiger partial charge >= 0.3 is 0 Å². The first-order valence-electron chi connectivity index (χ1n) is 10.5. The molecule has 3 heterocycles. The fourth-order valence-electron chi connectivity index (χ4n) is 3.66.